The maximum absolute atomic E-state index is 4.49. The van der Waals surface area contributed by atoms with Crippen molar-refractivity contribution < 1.29 is 0 Å². The summed E-state index contributed by atoms with van der Waals surface area (Å²) in [5.74, 6) is 0. The van der Waals surface area contributed by atoms with Crippen molar-refractivity contribution in [2.24, 2.45) is 10.2 Å². The van der Waals surface area contributed by atoms with Gasteiger partial charge in [0.15, 0.2) is 0 Å². The van der Waals surface area contributed by atoms with Gasteiger partial charge in [-0.2, -0.15) is 5.11 Å². The normalized spacial score (nSPS) is 14.9. The molecule has 150 valence electrons. The zero-order chi connectivity index (χ0) is 19.8. The van der Waals surface area contributed by atoms with Crippen molar-refractivity contribution in [3.63, 3.8) is 0 Å². The summed E-state index contributed by atoms with van der Waals surface area (Å²) < 4.78 is 0. The summed E-state index contributed by atoms with van der Waals surface area (Å²) in [6.07, 6.45) is 6.32. The lowest BCUT2D eigenvalue weighted by molar-refractivity contribution is 0.206. The molecule has 0 spiro atoms. The Bertz CT molecular complexity index is 626. The molecule has 0 aromatic heterocycles. The summed E-state index contributed by atoms with van der Waals surface area (Å²) in [7, 11) is 4.02. The van der Waals surface area contributed by atoms with Crippen molar-refractivity contribution in [1.29, 1.82) is 0 Å². The number of azo groups is 1. The van der Waals surface area contributed by atoms with Gasteiger partial charge in [-0.05, 0) is 50.5 Å². The van der Waals surface area contributed by atoms with E-state index in [0.717, 1.165) is 30.9 Å². The smallest absolute Gasteiger partial charge is 0.217 e. The summed E-state index contributed by atoms with van der Waals surface area (Å²) in [6, 6.07) is 7.07. The third-order valence-corrected chi connectivity index (χ3v) is 5.26. The second-order valence-electron chi connectivity index (χ2n) is 7.21. The van der Waals surface area contributed by atoms with Crippen molar-refractivity contribution in [2.75, 3.05) is 38.6 Å². The molecule has 1 aromatic carbocycles. The topological polar surface area (TPSA) is 46.5 Å². The largest absolute Gasteiger partial charge is 0.371 e. The lowest BCUT2D eigenvalue weighted by Gasteiger charge is -2.25. The van der Waals surface area contributed by atoms with E-state index in [1.54, 1.807) is 0 Å². The predicted molar refractivity (Wildman–Crippen MR) is 114 cm³/mol. The minimum Gasteiger partial charge on any atom is -0.371 e. The Hall–Kier alpha value is -2.08. The van der Waals surface area contributed by atoms with Crippen LogP contribution in [0, 0.1) is 6.92 Å². The number of nitrogens with one attached hydrogen (secondary N) is 1. The van der Waals surface area contributed by atoms with Crippen LogP contribution in [-0.4, -0.2) is 55.9 Å². The van der Waals surface area contributed by atoms with Crippen LogP contribution in [-0.2, 0) is 0 Å². The first-order chi connectivity index (χ1) is 13.0. The van der Waals surface area contributed by atoms with Gasteiger partial charge in [-0.3, -0.25) is 0 Å². The summed E-state index contributed by atoms with van der Waals surface area (Å²) >= 11 is 0. The molecular formula is C21H36N6. The molecule has 0 saturated heterocycles. The highest BCUT2D eigenvalue weighted by Gasteiger charge is 2.19. The first-order valence-electron chi connectivity index (χ1n) is 10.1. The highest BCUT2D eigenvalue weighted by Crippen LogP contribution is 2.26. The van der Waals surface area contributed by atoms with Crippen molar-refractivity contribution in [3.8, 4) is 0 Å². The van der Waals surface area contributed by atoms with Crippen LogP contribution in [0.3, 0.4) is 0 Å². The Labute approximate surface area is 164 Å². The van der Waals surface area contributed by atoms with Crippen molar-refractivity contribution >= 4 is 11.4 Å². The van der Waals surface area contributed by atoms with E-state index in [1.807, 2.05) is 36.3 Å². The zero-order valence-corrected chi connectivity index (χ0v) is 17.8. The molecule has 0 saturated carbocycles. The number of benzene rings is 1. The van der Waals surface area contributed by atoms with Crippen LogP contribution in [0.5, 0.6) is 0 Å². The fourth-order valence-corrected chi connectivity index (χ4v) is 3.33. The molecule has 2 rings (SSSR count). The van der Waals surface area contributed by atoms with Crippen LogP contribution in [0.4, 0.5) is 11.4 Å². The van der Waals surface area contributed by atoms with Gasteiger partial charge in [0.2, 0.25) is 6.29 Å². The molecule has 0 unspecified atom stereocenters. The van der Waals surface area contributed by atoms with Crippen molar-refractivity contribution in [3.05, 3.63) is 36.2 Å². The molecule has 1 heterocycles. The number of rotatable bonds is 10. The number of aryl methyl sites for hydroxylation is 1. The van der Waals surface area contributed by atoms with Crippen LogP contribution in [0.15, 0.2) is 40.8 Å². The van der Waals surface area contributed by atoms with Crippen molar-refractivity contribution in [2.45, 2.75) is 52.9 Å². The monoisotopic (exact) mass is 372 g/mol. The van der Waals surface area contributed by atoms with Crippen LogP contribution < -0.4 is 10.2 Å². The SMILES string of the molecule is CCC(CC)NCCN(CC)c1ccc(N=NC2N(C)C=CN2C)c(C)c1. The summed E-state index contributed by atoms with van der Waals surface area (Å²) in [6.45, 7) is 11.8. The second-order valence-corrected chi connectivity index (χ2v) is 7.21. The van der Waals surface area contributed by atoms with Gasteiger partial charge < -0.3 is 20.0 Å². The first kappa shape index (κ1) is 21.2. The van der Waals surface area contributed by atoms with Crippen LogP contribution in [0.1, 0.15) is 39.2 Å². The molecule has 27 heavy (non-hydrogen) atoms. The fourth-order valence-electron chi connectivity index (χ4n) is 3.33. The second kappa shape index (κ2) is 10.3. The van der Waals surface area contributed by atoms with Crippen molar-refractivity contribution in [1.82, 2.24) is 15.1 Å². The average Bonchev–Trinajstić information content (AvgIpc) is 2.99. The van der Waals surface area contributed by atoms with Gasteiger partial charge in [0.1, 0.15) is 0 Å². The molecule has 1 aliphatic heterocycles. The van der Waals surface area contributed by atoms with Gasteiger partial charge in [0.25, 0.3) is 0 Å². The van der Waals surface area contributed by atoms with Gasteiger partial charge in [0.05, 0.1) is 5.69 Å². The van der Waals surface area contributed by atoms with Crippen LogP contribution in [0.2, 0.25) is 0 Å². The molecule has 0 bridgehead atoms. The quantitative estimate of drug-likeness (QED) is 0.622. The Morgan fingerprint density at radius 2 is 1.78 bits per heavy atom. The maximum atomic E-state index is 4.49. The summed E-state index contributed by atoms with van der Waals surface area (Å²) in [4.78, 5) is 6.49. The molecule has 1 aliphatic rings. The Morgan fingerprint density at radius 1 is 1.11 bits per heavy atom. The van der Waals surface area contributed by atoms with E-state index in [-0.39, 0.29) is 6.29 Å². The number of nitrogens with zero attached hydrogens (tertiary/aromatic N) is 5. The van der Waals surface area contributed by atoms with Gasteiger partial charge in [0, 0.05) is 57.9 Å². The lowest BCUT2D eigenvalue weighted by atomic mass is 10.1. The third kappa shape index (κ3) is 5.70. The van der Waals surface area contributed by atoms with E-state index in [0.29, 0.717) is 6.04 Å². The molecule has 1 N–H and O–H groups in total. The maximum Gasteiger partial charge on any atom is 0.217 e. The standard InChI is InChI=1S/C21H36N6/c1-7-18(8-2)22-12-13-27(9-3)19-10-11-20(17(4)16-19)23-24-21-25(5)14-15-26(21)6/h10-11,14-16,18,21-22H,7-9,12-13H2,1-6H3. The Morgan fingerprint density at radius 3 is 2.33 bits per heavy atom. The van der Waals surface area contributed by atoms with E-state index >= 15 is 0 Å². The van der Waals surface area contributed by atoms with E-state index in [9.17, 15) is 0 Å². The predicted octanol–water partition coefficient (Wildman–Crippen LogP) is 4.32. The van der Waals surface area contributed by atoms with Crippen LogP contribution in [0.25, 0.3) is 0 Å². The number of hydrogen-bond acceptors (Lipinski definition) is 6. The molecule has 0 amide bonds. The van der Waals surface area contributed by atoms with Gasteiger partial charge in [-0.1, -0.05) is 13.8 Å². The molecule has 0 atom stereocenters. The average molecular weight is 373 g/mol. The number of hydrogen-bond donors (Lipinski definition) is 1. The Kier molecular flexibility index (Phi) is 8.10. The van der Waals surface area contributed by atoms with Gasteiger partial charge >= 0.3 is 0 Å². The summed E-state index contributed by atoms with van der Waals surface area (Å²) in [5.41, 5.74) is 3.33. The minimum absolute atomic E-state index is 0.0626. The molecule has 6 heteroatoms. The highest BCUT2D eigenvalue weighted by molar-refractivity contribution is 5.57. The van der Waals surface area contributed by atoms with Crippen LogP contribution >= 0.6 is 0 Å². The van der Waals surface area contributed by atoms with E-state index in [2.05, 4.69) is 66.3 Å². The molecule has 0 radical (unpaired) electrons. The van der Waals surface area contributed by atoms with Gasteiger partial charge in [-0.15, -0.1) is 5.11 Å². The zero-order valence-electron chi connectivity index (χ0n) is 17.8. The molecule has 1 aromatic rings. The first-order valence-corrected chi connectivity index (χ1v) is 10.1. The molecular weight excluding hydrogens is 336 g/mol. The summed E-state index contributed by atoms with van der Waals surface area (Å²) in [5, 5.41) is 12.6. The number of anilines is 1. The highest BCUT2D eigenvalue weighted by atomic mass is 15.5. The lowest BCUT2D eigenvalue weighted by Crippen LogP contribution is -2.36. The molecule has 6 nitrogen and oxygen atoms in total. The third-order valence-electron chi connectivity index (χ3n) is 5.26. The minimum atomic E-state index is -0.0626. The molecule has 0 fully saturated rings. The Balaban J connectivity index is 1.99. The van der Waals surface area contributed by atoms with Gasteiger partial charge in [-0.25, -0.2) is 0 Å². The number of likely N-dealkylation sites (N-methyl/N-ethyl adjacent to an activating group) is 1. The van der Waals surface area contributed by atoms with E-state index in [4.69, 9.17) is 0 Å². The molecule has 0 aliphatic carbocycles. The fraction of sp³-hybridized carbons (Fsp3) is 0.619. The van der Waals surface area contributed by atoms with E-state index < -0.39 is 0 Å². The van der Waals surface area contributed by atoms with E-state index in [1.165, 1.54) is 18.5 Å².